The van der Waals surface area contributed by atoms with E-state index in [-0.39, 0.29) is 17.9 Å². The second-order valence-corrected chi connectivity index (χ2v) is 7.99. The van der Waals surface area contributed by atoms with E-state index in [0.29, 0.717) is 27.9 Å². The number of carbonyl (C=O) groups excluding carboxylic acids is 2. The fraction of sp³-hybridized carbons (Fsp3) is 0.316. The number of rotatable bonds is 4. The standard InChI is InChI=1S/C19H18N2O3S2/c1-2-9-20-14-8-4-3-7-13(14)15(17(20)22)16-18(23)21(19(25)26-16)11-12-6-5-10-24-12/h2-4,7-8,12H,1,5-6,9-11H2/b16-15-/t12-/m1/s1. The summed E-state index contributed by atoms with van der Waals surface area (Å²) in [5, 5.41) is 0. The first-order valence-electron chi connectivity index (χ1n) is 8.53. The molecule has 3 heterocycles. The lowest BCUT2D eigenvalue weighted by molar-refractivity contribution is -0.123. The zero-order chi connectivity index (χ0) is 18.3. The zero-order valence-corrected chi connectivity index (χ0v) is 15.8. The first-order valence-corrected chi connectivity index (χ1v) is 9.76. The summed E-state index contributed by atoms with van der Waals surface area (Å²) < 4.78 is 6.12. The first kappa shape index (κ1) is 17.5. The van der Waals surface area contributed by atoms with E-state index in [0.717, 1.165) is 30.7 Å². The average molecular weight is 386 g/mol. The number of para-hydroxylation sites is 1. The summed E-state index contributed by atoms with van der Waals surface area (Å²) in [4.78, 5) is 29.7. The first-order chi connectivity index (χ1) is 12.6. The Kier molecular flexibility index (Phi) is 4.69. The minimum Gasteiger partial charge on any atom is -0.376 e. The van der Waals surface area contributed by atoms with Crippen LogP contribution in [-0.4, -0.2) is 46.8 Å². The topological polar surface area (TPSA) is 49.9 Å². The highest BCUT2D eigenvalue weighted by Crippen LogP contribution is 2.44. The molecule has 4 rings (SSSR count). The number of amides is 2. The van der Waals surface area contributed by atoms with E-state index in [1.54, 1.807) is 15.9 Å². The van der Waals surface area contributed by atoms with Crippen molar-refractivity contribution in [2.75, 3.05) is 24.6 Å². The third-order valence-corrected chi connectivity index (χ3v) is 6.17. The number of fused-ring (bicyclic) bond motifs is 1. The fourth-order valence-corrected chi connectivity index (χ4v) is 4.86. The van der Waals surface area contributed by atoms with Gasteiger partial charge in [-0.05, 0) is 18.9 Å². The van der Waals surface area contributed by atoms with Crippen molar-refractivity contribution in [2.45, 2.75) is 18.9 Å². The maximum Gasteiger partial charge on any atom is 0.267 e. The summed E-state index contributed by atoms with van der Waals surface area (Å²) in [5.74, 6) is -0.377. The van der Waals surface area contributed by atoms with Gasteiger partial charge in [0.2, 0.25) is 0 Å². The van der Waals surface area contributed by atoms with Crippen LogP contribution in [0.25, 0.3) is 5.57 Å². The molecule has 0 spiro atoms. The molecule has 26 heavy (non-hydrogen) atoms. The van der Waals surface area contributed by atoms with Gasteiger partial charge in [0, 0.05) is 18.7 Å². The lowest BCUT2D eigenvalue weighted by atomic mass is 10.1. The van der Waals surface area contributed by atoms with Gasteiger partial charge in [-0.25, -0.2) is 0 Å². The highest BCUT2D eigenvalue weighted by molar-refractivity contribution is 8.26. The van der Waals surface area contributed by atoms with Crippen LogP contribution >= 0.6 is 24.0 Å². The van der Waals surface area contributed by atoms with Gasteiger partial charge in [0.05, 0.1) is 28.8 Å². The second kappa shape index (κ2) is 6.98. The molecule has 0 radical (unpaired) electrons. The van der Waals surface area contributed by atoms with Gasteiger partial charge in [-0.15, -0.1) is 6.58 Å². The van der Waals surface area contributed by atoms with Crippen molar-refractivity contribution < 1.29 is 14.3 Å². The van der Waals surface area contributed by atoms with Gasteiger partial charge in [-0.1, -0.05) is 48.3 Å². The van der Waals surface area contributed by atoms with Crippen molar-refractivity contribution in [1.82, 2.24) is 4.90 Å². The maximum atomic E-state index is 13.0. The van der Waals surface area contributed by atoms with E-state index < -0.39 is 0 Å². The van der Waals surface area contributed by atoms with Gasteiger partial charge in [-0.2, -0.15) is 0 Å². The van der Waals surface area contributed by atoms with Crippen molar-refractivity contribution in [2.24, 2.45) is 0 Å². The number of nitrogens with zero attached hydrogens (tertiary/aromatic N) is 2. The quantitative estimate of drug-likeness (QED) is 0.452. The van der Waals surface area contributed by atoms with E-state index in [1.807, 2.05) is 24.3 Å². The van der Waals surface area contributed by atoms with Gasteiger partial charge in [-0.3, -0.25) is 14.5 Å². The van der Waals surface area contributed by atoms with Crippen molar-refractivity contribution >= 4 is 51.4 Å². The molecule has 7 heteroatoms. The minimum atomic E-state index is -0.200. The molecule has 2 fully saturated rings. The van der Waals surface area contributed by atoms with Crippen molar-refractivity contribution in [3.8, 4) is 0 Å². The van der Waals surface area contributed by atoms with Crippen LogP contribution in [0.5, 0.6) is 0 Å². The molecular weight excluding hydrogens is 368 g/mol. The Morgan fingerprint density at radius 2 is 2.08 bits per heavy atom. The SMILES string of the molecule is C=CCN1C(=O)/C(=C2\SC(=S)N(C[C@H]3CCCO3)C2=O)c2ccccc21. The molecule has 0 unspecified atom stereocenters. The Balaban J connectivity index is 1.72. The second-order valence-electron chi connectivity index (χ2n) is 6.34. The maximum absolute atomic E-state index is 13.0. The molecule has 0 saturated carbocycles. The number of thioether (sulfide) groups is 1. The highest BCUT2D eigenvalue weighted by atomic mass is 32.2. The van der Waals surface area contributed by atoms with Crippen LogP contribution in [0.4, 0.5) is 5.69 Å². The van der Waals surface area contributed by atoms with Crippen molar-refractivity contribution in [3.63, 3.8) is 0 Å². The smallest absolute Gasteiger partial charge is 0.267 e. The summed E-state index contributed by atoms with van der Waals surface area (Å²) in [6.45, 7) is 5.30. The molecule has 0 N–H and O–H groups in total. The van der Waals surface area contributed by atoms with E-state index in [2.05, 4.69) is 6.58 Å². The van der Waals surface area contributed by atoms with Gasteiger partial charge >= 0.3 is 0 Å². The van der Waals surface area contributed by atoms with Crippen LogP contribution in [0.1, 0.15) is 18.4 Å². The predicted molar refractivity (Wildman–Crippen MR) is 107 cm³/mol. The molecule has 3 aliphatic rings. The molecule has 5 nitrogen and oxygen atoms in total. The predicted octanol–water partition coefficient (Wildman–Crippen LogP) is 2.97. The van der Waals surface area contributed by atoms with E-state index in [4.69, 9.17) is 17.0 Å². The average Bonchev–Trinajstić information content (AvgIpc) is 3.31. The Morgan fingerprint density at radius 3 is 2.81 bits per heavy atom. The molecule has 2 amide bonds. The van der Waals surface area contributed by atoms with Gasteiger partial charge in [0.25, 0.3) is 11.8 Å². The van der Waals surface area contributed by atoms with Gasteiger partial charge in [0.1, 0.15) is 4.32 Å². The minimum absolute atomic E-state index is 0.0191. The third-order valence-electron chi connectivity index (χ3n) is 4.72. The number of benzene rings is 1. The third kappa shape index (κ3) is 2.80. The van der Waals surface area contributed by atoms with Crippen molar-refractivity contribution in [1.29, 1.82) is 0 Å². The number of hydrogen-bond acceptors (Lipinski definition) is 5. The van der Waals surface area contributed by atoms with Crippen LogP contribution in [-0.2, 0) is 14.3 Å². The molecule has 0 aromatic heterocycles. The number of thiocarbonyl (C=S) groups is 1. The van der Waals surface area contributed by atoms with Crippen LogP contribution in [0.3, 0.4) is 0 Å². The Morgan fingerprint density at radius 1 is 1.27 bits per heavy atom. The molecule has 1 aromatic rings. The zero-order valence-electron chi connectivity index (χ0n) is 14.1. The van der Waals surface area contributed by atoms with Crippen LogP contribution in [0.15, 0.2) is 41.8 Å². The van der Waals surface area contributed by atoms with Gasteiger partial charge < -0.3 is 9.64 Å². The van der Waals surface area contributed by atoms with Crippen LogP contribution in [0, 0.1) is 0 Å². The Hall–Kier alpha value is -1.96. The van der Waals surface area contributed by atoms with E-state index in [9.17, 15) is 9.59 Å². The highest BCUT2D eigenvalue weighted by Gasteiger charge is 2.42. The molecule has 0 bridgehead atoms. The molecule has 3 aliphatic heterocycles. The summed E-state index contributed by atoms with van der Waals surface area (Å²) in [7, 11) is 0. The number of ether oxygens (including phenoxy) is 1. The number of carbonyl (C=O) groups is 2. The fourth-order valence-electron chi connectivity index (χ4n) is 3.51. The Bertz CT molecular complexity index is 843. The Labute approximate surface area is 161 Å². The monoisotopic (exact) mass is 386 g/mol. The summed E-state index contributed by atoms with van der Waals surface area (Å²) in [5.41, 5.74) is 2.02. The molecule has 0 aliphatic carbocycles. The number of hydrogen-bond donors (Lipinski definition) is 0. The summed E-state index contributed by atoms with van der Waals surface area (Å²) in [6.07, 6.45) is 3.63. The normalized spacial score (nSPS) is 25.4. The van der Waals surface area contributed by atoms with E-state index >= 15 is 0 Å². The number of anilines is 1. The lowest BCUT2D eigenvalue weighted by Gasteiger charge is -2.18. The molecule has 1 atom stereocenters. The van der Waals surface area contributed by atoms with Crippen LogP contribution < -0.4 is 4.90 Å². The van der Waals surface area contributed by atoms with Crippen LogP contribution in [0.2, 0.25) is 0 Å². The molecule has 2 saturated heterocycles. The summed E-state index contributed by atoms with van der Waals surface area (Å²) in [6, 6.07) is 7.51. The lowest BCUT2D eigenvalue weighted by Crippen LogP contribution is -2.35. The summed E-state index contributed by atoms with van der Waals surface area (Å²) >= 11 is 6.63. The van der Waals surface area contributed by atoms with Crippen molar-refractivity contribution in [3.05, 3.63) is 47.4 Å². The van der Waals surface area contributed by atoms with E-state index in [1.165, 1.54) is 11.8 Å². The molecule has 134 valence electrons. The van der Waals surface area contributed by atoms with Gasteiger partial charge in [0.15, 0.2) is 0 Å². The molecular formula is C19H18N2O3S2. The molecule has 1 aromatic carbocycles. The largest absolute Gasteiger partial charge is 0.376 e.